The standard InChI is InChI=1S/C20H19NO/c1-3-5-16-21(17-6-4-2)18-12-14-20(15-13-18)22-19-10-8-7-9-11-19/h5-15H,1-2,16-17H2. The Morgan fingerprint density at radius 3 is 1.91 bits per heavy atom. The molecule has 0 aliphatic heterocycles. The van der Waals surface area contributed by atoms with Crippen LogP contribution < -0.4 is 9.64 Å². The molecule has 2 heteroatoms. The second-order valence-electron chi connectivity index (χ2n) is 4.63. The maximum atomic E-state index is 5.80. The topological polar surface area (TPSA) is 12.5 Å². The van der Waals surface area contributed by atoms with E-state index in [0.717, 1.165) is 30.3 Å². The number of hydrogen-bond acceptors (Lipinski definition) is 2. The molecule has 0 aliphatic carbocycles. The molecule has 0 N–H and O–H groups in total. The van der Waals surface area contributed by atoms with E-state index < -0.39 is 0 Å². The normalized spacial score (nSPS) is 9.27. The van der Waals surface area contributed by atoms with E-state index in [0.29, 0.717) is 0 Å². The summed E-state index contributed by atoms with van der Waals surface area (Å²) in [5, 5.41) is 0. The van der Waals surface area contributed by atoms with Crippen LogP contribution in [0.1, 0.15) is 0 Å². The quantitative estimate of drug-likeness (QED) is 0.667. The van der Waals surface area contributed by atoms with E-state index in [9.17, 15) is 0 Å². The molecule has 0 heterocycles. The minimum Gasteiger partial charge on any atom is -0.457 e. The molecule has 0 unspecified atom stereocenters. The Morgan fingerprint density at radius 2 is 1.36 bits per heavy atom. The van der Waals surface area contributed by atoms with E-state index >= 15 is 0 Å². The van der Waals surface area contributed by atoms with Gasteiger partial charge in [0.25, 0.3) is 0 Å². The minimum atomic E-state index is 0.737. The van der Waals surface area contributed by atoms with Gasteiger partial charge in [0.05, 0.1) is 0 Å². The lowest BCUT2D eigenvalue weighted by Gasteiger charge is -2.21. The number of benzene rings is 2. The minimum absolute atomic E-state index is 0.737. The van der Waals surface area contributed by atoms with Crippen molar-refractivity contribution in [1.82, 2.24) is 0 Å². The zero-order valence-electron chi connectivity index (χ0n) is 12.5. The molecular weight excluding hydrogens is 270 g/mol. The van der Waals surface area contributed by atoms with Gasteiger partial charge >= 0.3 is 0 Å². The third kappa shape index (κ3) is 4.57. The summed E-state index contributed by atoms with van der Waals surface area (Å²) >= 11 is 0. The van der Waals surface area contributed by atoms with Crippen LogP contribution >= 0.6 is 0 Å². The van der Waals surface area contributed by atoms with Crippen LogP contribution in [0.3, 0.4) is 0 Å². The van der Waals surface area contributed by atoms with Crippen LogP contribution in [0.4, 0.5) is 5.69 Å². The largest absolute Gasteiger partial charge is 0.457 e. The smallest absolute Gasteiger partial charge is 0.127 e. The molecule has 2 nitrogen and oxygen atoms in total. The molecule has 0 aliphatic rings. The first-order valence-electron chi connectivity index (χ1n) is 7.10. The van der Waals surface area contributed by atoms with Crippen molar-refractivity contribution in [1.29, 1.82) is 0 Å². The van der Waals surface area contributed by atoms with E-state index in [2.05, 4.69) is 29.5 Å². The maximum Gasteiger partial charge on any atom is 0.127 e. The fourth-order valence-corrected chi connectivity index (χ4v) is 1.98. The number of anilines is 1. The number of rotatable bonds is 7. The van der Waals surface area contributed by atoms with Crippen LogP contribution in [0.5, 0.6) is 11.5 Å². The molecule has 2 aromatic carbocycles. The lowest BCUT2D eigenvalue weighted by atomic mass is 10.2. The molecule has 0 atom stereocenters. The SMILES string of the molecule is C=C=CCN(CC=C=C)c1ccc(Oc2ccccc2)cc1. The molecule has 0 fully saturated rings. The molecule has 2 rings (SSSR count). The summed E-state index contributed by atoms with van der Waals surface area (Å²) in [5.74, 6) is 1.64. The van der Waals surface area contributed by atoms with Crippen LogP contribution in [0, 0.1) is 0 Å². The Morgan fingerprint density at radius 1 is 0.818 bits per heavy atom. The second kappa shape index (κ2) is 8.39. The molecule has 110 valence electrons. The Balaban J connectivity index is 2.11. The van der Waals surface area contributed by atoms with E-state index in [-0.39, 0.29) is 0 Å². The number of hydrogen-bond donors (Lipinski definition) is 0. The molecule has 22 heavy (non-hydrogen) atoms. The van der Waals surface area contributed by atoms with Crippen LogP contribution in [-0.4, -0.2) is 13.1 Å². The molecule has 2 aromatic rings. The fraction of sp³-hybridized carbons (Fsp3) is 0.100. The molecule has 0 radical (unpaired) electrons. The van der Waals surface area contributed by atoms with Crippen molar-refractivity contribution in [2.24, 2.45) is 0 Å². The van der Waals surface area contributed by atoms with Gasteiger partial charge in [0.1, 0.15) is 11.5 Å². The van der Waals surface area contributed by atoms with Crippen molar-refractivity contribution in [3.63, 3.8) is 0 Å². The first-order chi connectivity index (χ1) is 10.8. The molecule has 0 bridgehead atoms. The van der Waals surface area contributed by atoms with Crippen molar-refractivity contribution >= 4 is 5.69 Å². The zero-order valence-corrected chi connectivity index (χ0v) is 12.5. The molecule has 0 aromatic heterocycles. The summed E-state index contributed by atoms with van der Waals surface area (Å²) in [6.07, 6.45) is 3.79. The van der Waals surface area contributed by atoms with Crippen LogP contribution in [0.25, 0.3) is 0 Å². The maximum absolute atomic E-state index is 5.80. The lowest BCUT2D eigenvalue weighted by Crippen LogP contribution is -2.22. The molecule has 0 amide bonds. The van der Waals surface area contributed by atoms with Crippen molar-refractivity contribution in [3.8, 4) is 11.5 Å². The van der Waals surface area contributed by atoms with E-state index in [1.807, 2.05) is 66.7 Å². The summed E-state index contributed by atoms with van der Waals surface area (Å²) in [5.41, 5.74) is 6.69. The van der Waals surface area contributed by atoms with Gasteiger partial charge in [-0.15, -0.1) is 11.5 Å². The van der Waals surface area contributed by atoms with E-state index in [4.69, 9.17) is 4.74 Å². The van der Waals surface area contributed by atoms with Crippen molar-refractivity contribution in [2.75, 3.05) is 18.0 Å². The van der Waals surface area contributed by atoms with Gasteiger partial charge in [-0.2, -0.15) is 0 Å². The average molecular weight is 289 g/mol. The van der Waals surface area contributed by atoms with Crippen molar-refractivity contribution in [2.45, 2.75) is 0 Å². The van der Waals surface area contributed by atoms with Crippen molar-refractivity contribution < 1.29 is 4.74 Å². The van der Waals surface area contributed by atoms with Crippen molar-refractivity contribution in [3.05, 3.63) is 91.4 Å². The van der Waals surface area contributed by atoms with Crippen LogP contribution in [-0.2, 0) is 0 Å². The van der Waals surface area contributed by atoms with Gasteiger partial charge in [0, 0.05) is 18.8 Å². The first kappa shape index (κ1) is 15.5. The Labute approximate surface area is 132 Å². The van der Waals surface area contributed by atoms with Gasteiger partial charge in [-0.05, 0) is 48.6 Å². The zero-order chi connectivity index (χ0) is 15.6. The third-order valence-electron chi connectivity index (χ3n) is 3.09. The second-order valence-corrected chi connectivity index (χ2v) is 4.63. The first-order valence-corrected chi connectivity index (χ1v) is 7.10. The Kier molecular flexibility index (Phi) is 5.90. The lowest BCUT2D eigenvalue weighted by molar-refractivity contribution is 0.482. The molecule has 0 saturated carbocycles. The van der Waals surface area contributed by atoms with Gasteiger partial charge in [0.15, 0.2) is 0 Å². The van der Waals surface area contributed by atoms with E-state index in [1.54, 1.807) is 0 Å². The van der Waals surface area contributed by atoms with Gasteiger partial charge in [-0.1, -0.05) is 31.4 Å². The number of nitrogens with zero attached hydrogens (tertiary/aromatic N) is 1. The summed E-state index contributed by atoms with van der Waals surface area (Å²) in [7, 11) is 0. The summed E-state index contributed by atoms with van der Waals surface area (Å²) in [6.45, 7) is 8.68. The predicted molar refractivity (Wildman–Crippen MR) is 92.6 cm³/mol. The highest BCUT2D eigenvalue weighted by Gasteiger charge is 2.04. The summed E-state index contributed by atoms with van der Waals surface area (Å²) < 4.78 is 5.80. The average Bonchev–Trinajstić information content (AvgIpc) is 2.57. The van der Waals surface area contributed by atoms with Gasteiger partial charge in [-0.25, -0.2) is 0 Å². The Bertz CT molecular complexity index is 655. The molecular formula is C20H19NO. The molecule has 0 spiro atoms. The van der Waals surface area contributed by atoms with E-state index in [1.165, 1.54) is 0 Å². The highest BCUT2D eigenvalue weighted by Crippen LogP contribution is 2.24. The number of ether oxygens (including phenoxy) is 1. The molecule has 0 saturated heterocycles. The van der Waals surface area contributed by atoms with Crippen LogP contribution in [0.2, 0.25) is 0 Å². The van der Waals surface area contributed by atoms with Gasteiger partial charge < -0.3 is 9.64 Å². The predicted octanol–water partition coefficient (Wildman–Crippen LogP) is 4.97. The third-order valence-corrected chi connectivity index (χ3v) is 3.09. The fourth-order valence-electron chi connectivity index (χ4n) is 1.98. The monoisotopic (exact) mass is 289 g/mol. The summed E-state index contributed by atoms with van der Waals surface area (Å²) in [4.78, 5) is 2.17. The van der Waals surface area contributed by atoms with Crippen LogP contribution in [0.15, 0.2) is 91.4 Å². The van der Waals surface area contributed by atoms with Gasteiger partial charge in [0.2, 0.25) is 0 Å². The summed E-state index contributed by atoms with van der Waals surface area (Å²) in [6, 6.07) is 17.7. The Hall–Kier alpha value is -2.92. The highest BCUT2D eigenvalue weighted by atomic mass is 16.5. The highest BCUT2D eigenvalue weighted by molar-refractivity contribution is 5.50. The number of para-hydroxylation sites is 1. The van der Waals surface area contributed by atoms with Gasteiger partial charge in [-0.3, -0.25) is 0 Å².